The Hall–Kier alpha value is -3.35. The highest BCUT2D eigenvalue weighted by Gasteiger charge is 2.38. The molecule has 0 saturated carbocycles. The van der Waals surface area contributed by atoms with E-state index in [1.165, 1.54) is 46.6 Å². The summed E-state index contributed by atoms with van der Waals surface area (Å²) in [6.07, 6.45) is 0. The van der Waals surface area contributed by atoms with Gasteiger partial charge in [0.25, 0.3) is 0 Å². The van der Waals surface area contributed by atoms with E-state index in [0.29, 0.717) is 11.3 Å². The van der Waals surface area contributed by atoms with Crippen LogP contribution in [0.15, 0.2) is 18.2 Å². The molecule has 0 atom stereocenters. The van der Waals surface area contributed by atoms with E-state index in [1.54, 1.807) is 6.92 Å². The third-order valence-electron chi connectivity index (χ3n) is 4.55. The Morgan fingerprint density at radius 1 is 0.815 bits per heavy atom. The Kier molecular flexibility index (Phi) is 4.61. The Labute approximate surface area is 155 Å². The molecule has 0 unspecified atom stereocenters. The second-order valence-electron chi connectivity index (χ2n) is 5.93. The average molecular weight is 370 g/mol. The van der Waals surface area contributed by atoms with Gasteiger partial charge in [0.15, 0.2) is 5.78 Å². The predicted molar refractivity (Wildman–Crippen MR) is 95.5 cm³/mol. The van der Waals surface area contributed by atoms with Crippen LogP contribution in [0.25, 0.3) is 0 Å². The molecule has 27 heavy (non-hydrogen) atoms. The Morgan fingerprint density at radius 2 is 1.48 bits per heavy atom. The summed E-state index contributed by atoms with van der Waals surface area (Å²) in [5.41, 5.74) is 1.03. The van der Waals surface area contributed by atoms with Gasteiger partial charge >= 0.3 is 5.97 Å². The van der Waals surface area contributed by atoms with Crippen LogP contribution < -0.4 is 14.2 Å². The number of ether oxygens (including phenoxy) is 4. The van der Waals surface area contributed by atoms with Crippen LogP contribution in [0.3, 0.4) is 0 Å². The van der Waals surface area contributed by atoms with Gasteiger partial charge in [0.05, 0.1) is 39.6 Å². The molecule has 140 valence electrons. The third-order valence-corrected chi connectivity index (χ3v) is 4.55. The van der Waals surface area contributed by atoms with E-state index >= 15 is 0 Å². The van der Waals surface area contributed by atoms with Gasteiger partial charge in [0.2, 0.25) is 5.78 Å². The van der Waals surface area contributed by atoms with Crippen molar-refractivity contribution in [3.8, 4) is 17.2 Å². The summed E-state index contributed by atoms with van der Waals surface area (Å²) in [4.78, 5) is 38.6. The van der Waals surface area contributed by atoms with Crippen molar-refractivity contribution in [2.24, 2.45) is 0 Å². The Morgan fingerprint density at radius 3 is 2.04 bits per heavy atom. The summed E-state index contributed by atoms with van der Waals surface area (Å²) < 4.78 is 20.7. The van der Waals surface area contributed by atoms with Crippen LogP contribution in [0.5, 0.6) is 17.2 Å². The zero-order valence-electron chi connectivity index (χ0n) is 15.6. The molecule has 0 heterocycles. The normalized spacial score (nSPS) is 12.2. The molecule has 0 saturated heterocycles. The standard InChI is InChI=1S/C20H18O7/c1-9-6-11-16(19(26-4)14(9)20(23)27-5)18(22)15-12(17(11)21)7-10(24-2)8-13(15)25-3/h6-8H,1-5H3. The number of hydrogen-bond acceptors (Lipinski definition) is 7. The number of benzene rings is 2. The molecule has 2 aromatic rings. The van der Waals surface area contributed by atoms with Crippen LogP contribution in [0, 0.1) is 6.92 Å². The van der Waals surface area contributed by atoms with Gasteiger partial charge in [0, 0.05) is 17.2 Å². The highest BCUT2D eigenvalue weighted by molar-refractivity contribution is 6.31. The maximum atomic E-state index is 13.3. The summed E-state index contributed by atoms with van der Waals surface area (Å²) in [6.45, 7) is 1.65. The van der Waals surface area contributed by atoms with Crippen LogP contribution in [0.4, 0.5) is 0 Å². The minimum absolute atomic E-state index is 0.0127. The van der Waals surface area contributed by atoms with Gasteiger partial charge in [0.1, 0.15) is 22.8 Å². The van der Waals surface area contributed by atoms with Crippen molar-refractivity contribution in [3.63, 3.8) is 0 Å². The van der Waals surface area contributed by atoms with Crippen LogP contribution >= 0.6 is 0 Å². The second kappa shape index (κ2) is 6.75. The molecule has 0 aromatic heterocycles. The van der Waals surface area contributed by atoms with Gasteiger partial charge in [-0.05, 0) is 24.6 Å². The van der Waals surface area contributed by atoms with Crippen molar-refractivity contribution >= 4 is 17.5 Å². The number of ketones is 2. The van der Waals surface area contributed by atoms with Crippen molar-refractivity contribution in [1.29, 1.82) is 0 Å². The number of carbonyl (C=O) groups excluding carboxylic acids is 3. The fourth-order valence-electron chi connectivity index (χ4n) is 3.30. The summed E-state index contributed by atoms with van der Waals surface area (Å²) in [5.74, 6) is -0.894. The van der Waals surface area contributed by atoms with Gasteiger partial charge in [-0.2, -0.15) is 0 Å². The number of hydrogen-bond donors (Lipinski definition) is 0. The molecule has 7 nitrogen and oxygen atoms in total. The molecule has 0 N–H and O–H groups in total. The zero-order valence-corrected chi connectivity index (χ0v) is 15.6. The number of fused-ring (bicyclic) bond motifs is 2. The van der Waals surface area contributed by atoms with Crippen molar-refractivity contribution in [2.75, 3.05) is 28.4 Å². The molecule has 3 rings (SSSR count). The largest absolute Gasteiger partial charge is 0.497 e. The van der Waals surface area contributed by atoms with E-state index in [2.05, 4.69) is 0 Å². The van der Waals surface area contributed by atoms with E-state index < -0.39 is 11.8 Å². The summed E-state index contributed by atoms with van der Waals surface area (Å²) >= 11 is 0. The Bertz CT molecular complexity index is 989. The maximum Gasteiger partial charge on any atom is 0.341 e. The number of esters is 1. The third kappa shape index (κ3) is 2.63. The lowest BCUT2D eigenvalue weighted by Crippen LogP contribution is -2.24. The van der Waals surface area contributed by atoms with Gasteiger partial charge < -0.3 is 18.9 Å². The SMILES string of the molecule is COC(=O)c1c(C)cc2c(c1OC)C(=O)c1c(OC)cc(OC)cc1C2=O. The summed E-state index contributed by atoms with van der Waals surface area (Å²) in [5, 5.41) is 0. The predicted octanol–water partition coefficient (Wildman–Crippen LogP) is 2.58. The molecule has 1 aliphatic carbocycles. The fourth-order valence-corrected chi connectivity index (χ4v) is 3.30. The lowest BCUT2D eigenvalue weighted by Gasteiger charge is -2.24. The van der Waals surface area contributed by atoms with E-state index in [4.69, 9.17) is 18.9 Å². The fraction of sp³-hybridized carbons (Fsp3) is 0.250. The quantitative estimate of drug-likeness (QED) is 0.652. The molecule has 0 aliphatic heterocycles. The summed E-state index contributed by atoms with van der Waals surface area (Å²) in [7, 11) is 5.42. The highest BCUT2D eigenvalue weighted by Crippen LogP contribution is 2.41. The molecule has 0 bridgehead atoms. The van der Waals surface area contributed by atoms with Crippen molar-refractivity contribution < 1.29 is 33.3 Å². The first-order valence-electron chi connectivity index (χ1n) is 8.04. The van der Waals surface area contributed by atoms with Crippen LogP contribution in [-0.4, -0.2) is 46.0 Å². The van der Waals surface area contributed by atoms with Crippen LogP contribution in [0.2, 0.25) is 0 Å². The lowest BCUT2D eigenvalue weighted by molar-refractivity contribution is 0.0595. The Balaban J connectivity index is 2.38. The number of rotatable bonds is 4. The molecule has 0 spiro atoms. The number of aryl methyl sites for hydroxylation is 1. The van der Waals surface area contributed by atoms with Gasteiger partial charge in [-0.15, -0.1) is 0 Å². The zero-order chi connectivity index (χ0) is 19.9. The molecule has 2 aromatic carbocycles. The topological polar surface area (TPSA) is 88.1 Å². The van der Waals surface area contributed by atoms with Crippen molar-refractivity contribution in [1.82, 2.24) is 0 Å². The second-order valence-corrected chi connectivity index (χ2v) is 5.93. The monoisotopic (exact) mass is 370 g/mol. The number of carbonyl (C=O) groups is 3. The molecular formula is C20H18O7. The van der Waals surface area contributed by atoms with E-state index in [1.807, 2.05) is 0 Å². The molecule has 0 radical (unpaired) electrons. The molecule has 1 aliphatic rings. The number of methoxy groups -OCH3 is 4. The van der Waals surface area contributed by atoms with E-state index in [-0.39, 0.29) is 45.1 Å². The summed E-state index contributed by atoms with van der Waals surface area (Å²) in [6, 6.07) is 4.52. The molecule has 0 fully saturated rings. The van der Waals surface area contributed by atoms with Crippen molar-refractivity contribution in [2.45, 2.75) is 6.92 Å². The molecule has 7 heteroatoms. The first kappa shape index (κ1) is 18.4. The van der Waals surface area contributed by atoms with Crippen LogP contribution in [0.1, 0.15) is 47.8 Å². The van der Waals surface area contributed by atoms with Gasteiger partial charge in [-0.3, -0.25) is 9.59 Å². The minimum atomic E-state index is -0.653. The minimum Gasteiger partial charge on any atom is -0.497 e. The van der Waals surface area contributed by atoms with E-state index in [9.17, 15) is 14.4 Å². The maximum absolute atomic E-state index is 13.3. The highest BCUT2D eigenvalue weighted by atomic mass is 16.5. The first-order valence-corrected chi connectivity index (χ1v) is 8.04. The molecular weight excluding hydrogens is 352 g/mol. The first-order chi connectivity index (χ1) is 12.9. The lowest BCUT2D eigenvalue weighted by atomic mass is 9.81. The average Bonchev–Trinajstić information content (AvgIpc) is 2.69. The van der Waals surface area contributed by atoms with Gasteiger partial charge in [-0.25, -0.2) is 4.79 Å². The van der Waals surface area contributed by atoms with Crippen molar-refractivity contribution in [3.05, 3.63) is 51.6 Å². The van der Waals surface area contributed by atoms with Crippen LogP contribution in [-0.2, 0) is 4.74 Å². The van der Waals surface area contributed by atoms with Gasteiger partial charge in [-0.1, -0.05) is 0 Å². The molecule has 0 amide bonds. The van der Waals surface area contributed by atoms with E-state index in [0.717, 1.165) is 0 Å². The smallest absolute Gasteiger partial charge is 0.341 e.